The van der Waals surface area contributed by atoms with E-state index in [4.69, 9.17) is 4.74 Å². The van der Waals surface area contributed by atoms with E-state index in [9.17, 15) is 0 Å². The van der Waals surface area contributed by atoms with Gasteiger partial charge in [-0.25, -0.2) is 0 Å². The van der Waals surface area contributed by atoms with Gasteiger partial charge in [-0.05, 0) is 6.92 Å². The fraction of sp³-hybridized carbons (Fsp3) is 0.750. The van der Waals surface area contributed by atoms with Crippen molar-refractivity contribution in [3.05, 3.63) is 0 Å². The number of nitrogens with zero attached hydrogens (tertiary/aromatic N) is 1. The molecule has 0 N–H and O–H groups in total. The largest absolute Gasteiger partial charge is 0.479 e. The predicted octanol–water partition coefficient (Wildman–Crippen LogP) is 0.433. The Morgan fingerprint density at radius 1 is 2.00 bits per heavy atom. The number of aliphatic imine (C=N–C) groups is 1. The van der Waals surface area contributed by atoms with E-state index in [0.29, 0.717) is 6.10 Å². The van der Waals surface area contributed by atoms with Gasteiger partial charge >= 0.3 is 0 Å². The second-order valence-electron chi connectivity index (χ2n) is 1.42. The molecule has 0 aromatic carbocycles. The van der Waals surface area contributed by atoms with Crippen LogP contribution in [0.15, 0.2) is 4.99 Å². The molecule has 0 aromatic heterocycles. The van der Waals surface area contributed by atoms with E-state index >= 15 is 0 Å². The van der Waals surface area contributed by atoms with E-state index in [-0.39, 0.29) is 0 Å². The number of hydrogen-bond donors (Lipinski definition) is 0. The van der Waals surface area contributed by atoms with E-state index < -0.39 is 0 Å². The average molecular weight is 85.1 g/mol. The van der Waals surface area contributed by atoms with Crippen LogP contribution in [-0.4, -0.2) is 19.0 Å². The topological polar surface area (TPSA) is 21.6 Å². The van der Waals surface area contributed by atoms with Crippen molar-refractivity contribution in [3.8, 4) is 0 Å². The molecule has 2 heteroatoms. The second kappa shape index (κ2) is 1.29. The van der Waals surface area contributed by atoms with Crippen molar-refractivity contribution < 1.29 is 4.74 Å². The smallest absolute Gasteiger partial charge is 0.170 e. The standard InChI is InChI=1S/C4H7NO/c1-4-2-5-3-6-4/h3-4H,2H2,1H3/t4-/m1/s1. The van der Waals surface area contributed by atoms with Gasteiger partial charge in [0.2, 0.25) is 0 Å². The van der Waals surface area contributed by atoms with Gasteiger partial charge in [0, 0.05) is 0 Å². The molecule has 1 rings (SSSR count). The molecule has 0 unspecified atom stereocenters. The van der Waals surface area contributed by atoms with Crippen LogP contribution in [0.2, 0.25) is 0 Å². The maximum atomic E-state index is 4.86. The molecule has 0 bridgehead atoms. The first kappa shape index (κ1) is 3.65. The van der Waals surface area contributed by atoms with Gasteiger partial charge < -0.3 is 4.74 Å². The molecule has 1 aliphatic heterocycles. The summed E-state index contributed by atoms with van der Waals surface area (Å²) in [5.74, 6) is 0. The molecule has 0 aromatic rings. The third-order valence-electron chi connectivity index (χ3n) is 0.730. The second-order valence-corrected chi connectivity index (χ2v) is 1.42. The predicted molar refractivity (Wildman–Crippen MR) is 23.9 cm³/mol. The van der Waals surface area contributed by atoms with Crippen molar-refractivity contribution in [2.24, 2.45) is 4.99 Å². The normalized spacial score (nSPS) is 30.5. The summed E-state index contributed by atoms with van der Waals surface area (Å²) in [5.41, 5.74) is 0. The zero-order chi connectivity index (χ0) is 4.41. The molecule has 1 aliphatic rings. The third-order valence-corrected chi connectivity index (χ3v) is 0.730. The first-order valence-electron chi connectivity index (χ1n) is 2.03. The van der Waals surface area contributed by atoms with Crippen LogP contribution in [0.5, 0.6) is 0 Å². The van der Waals surface area contributed by atoms with Crippen molar-refractivity contribution in [2.75, 3.05) is 6.54 Å². The van der Waals surface area contributed by atoms with Gasteiger partial charge in [0.15, 0.2) is 6.40 Å². The fourth-order valence-electron chi connectivity index (χ4n) is 0.381. The van der Waals surface area contributed by atoms with E-state index in [1.165, 1.54) is 6.40 Å². The third kappa shape index (κ3) is 0.506. The molecule has 0 aliphatic carbocycles. The lowest BCUT2D eigenvalue weighted by molar-refractivity contribution is 0.256. The zero-order valence-corrected chi connectivity index (χ0v) is 3.72. The van der Waals surface area contributed by atoms with E-state index in [0.717, 1.165) is 6.54 Å². The summed E-state index contributed by atoms with van der Waals surface area (Å²) in [6.45, 7) is 2.83. The molecule has 0 amide bonds. The molecular formula is C4H7NO. The van der Waals surface area contributed by atoms with Crippen LogP contribution in [-0.2, 0) is 4.74 Å². The quantitative estimate of drug-likeness (QED) is 0.418. The van der Waals surface area contributed by atoms with Crippen LogP contribution in [0.1, 0.15) is 6.92 Å². The van der Waals surface area contributed by atoms with E-state index in [1.54, 1.807) is 0 Å². The molecule has 1 atom stereocenters. The first-order valence-corrected chi connectivity index (χ1v) is 2.03. The minimum Gasteiger partial charge on any atom is -0.479 e. The molecule has 0 spiro atoms. The summed E-state index contributed by atoms with van der Waals surface area (Å²) < 4.78 is 4.86. The lowest BCUT2D eigenvalue weighted by Gasteiger charge is -1.94. The Labute approximate surface area is 36.8 Å². The minimum atomic E-state index is 0.324. The highest BCUT2D eigenvalue weighted by Crippen LogP contribution is 1.93. The molecular weight excluding hydrogens is 78.0 g/mol. The van der Waals surface area contributed by atoms with E-state index in [2.05, 4.69) is 4.99 Å². The molecule has 2 nitrogen and oxygen atoms in total. The maximum absolute atomic E-state index is 4.86. The minimum absolute atomic E-state index is 0.324. The molecule has 0 saturated carbocycles. The summed E-state index contributed by atoms with van der Waals surface area (Å²) >= 11 is 0. The number of rotatable bonds is 0. The van der Waals surface area contributed by atoms with Gasteiger partial charge in [0.05, 0.1) is 6.54 Å². The zero-order valence-electron chi connectivity index (χ0n) is 3.72. The van der Waals surface area contributed by atoms with E-state index in [1.807, 2.05) is 6.92 Å². The van der Waals surface area contributed by atoms with Crippen LogP contribution in [0.3, 0.4) is 0 Å². The Kier molecular flexibility index (Phi) is 0.783. The van der Waals surface area contributed by atoms with Gasteiger partial charge in [-0.2, -0.15) is 0 Å². The number of ether oxygens (including phenoxy) is 1. The van der Waals surface area contributed by atoms with Crippen LogP contribution in [0.4, 0.5) is 0 Å². The van der Waals surface area contributed by atoms with Crippen molar-refractivity contribution >= 4 is 6.40 Å². The summed E-state index contributed by atoms with van der Waals surface area (Å²) in [4.78, 5) is 3.82. The maximum Gasteiger partial charge on any atom is 0.170 e. The van der Waals surface area contributed by atoms with Crippen molar-refractivity contribution in [2.45, 2.75) is 13.0 Å². The summed E-state index contributed by atoms with van der Waals surface area (Å²) in [7, 11) is 0. The Morgan fingerprint density at radius 2 is 2.83 bits per heavy atom. The molecule has 0 saturated heterocycles. The summed E-state index contributed by atoms with van der Waals surface area (Å²) in [6.07, 6.45) is 1.83. The molecule has 34 valence electrons. The Morgan fingerprint density at radius 3 is 3.00 bits per heavy atom. The highest BCUT2D eigenvalue weighted by atomic mass is 16.5. The lowest BCUT2D eigenvalue weighted by Crippen LogP contribution is -2.01. The lowest BCUT2D eigenvalue weighted by atomic mass is 10.4. The van der Waals surface area contributed by atoms with Gasteiger partial charge in [-0.1, -0.05) is 0 Å². The molecule has 0 fully saturated rings. The average Bonchev–Trinajstić information content (AvgIpc) is 1.86. The van der Waals surface area contributed by atoms with Gasteiger partial charge in [0.25, 0.3) is 0 Å². The first-order chi connectivity index (χ1) is 2.89. The van der Waals surface area contributed by atoms with Crippen molar-refractivity contribution in [1.82, 2.24) is 0 Å². The Bertz CT molecular complexity index is 61.9. The Hall–Kier alpha value is -0.530. The number of hydrogen-bond acceptors (Lipinski definition) is 2. The van der Waals surface area contributed by atoms with Crippen molar-refractivity contribution in [1.29, 1.82) is 0 Å². The van der Waals surface area contributed by atoms with Gasteiger partial charge in [-0.3, -0.25) is 4.99 Å². The molecule has 6 heavy (non-hydrogen) atoms. The van der Waals surface area contributed by atoms with Crippen LogP contribution >= 0.6 is 0 Å². The molecule has 1 heterocycles. The monoisotopic (exact) mass is 85.1 g/mol. The molecule has 0 radical (unpaired) electrons. The summed E-state index contributed by atoms with van der Waals surface area (Å²) in [6, 6.07) is 0. The highest BCUT2D eigenvalue weighted by Gasteiger charge is 2.01. The summed E-state index contributed by atoms with van der Waals surface area (Å²) in [5, 5.41) is 0. The Balaban J connectivity index is 2.32. The van der Waals surface area contributed by atoms with Crippen LogP contribution in [0, 0.1) is 0 Å². The van der Waals surface area contributed by atoms with Crippen LogP contribution in [0.25, 0.3) is 0 Å². The van der Waals surface area contributed by atoms with Gasteiger partial charge in [-0.15, -0.1) is 0 Å². The highest BCUT2D eigenvalue weighted by molar-refractivity contribution is 5.48. The van der Waals surface area contributed by atoms with Crippen molar-refractivity contribution in [3.63, 3.8) is 0 Å². The fourth-order valence-corrected chi connectivity index (χ4v) is 0.381. The van der Waals surface area contributed by atoms with Gasteiger partial charge in [0.1, 0.15) is 6.10 Å². The SMILES string of the molecule is C[C@@H]1CN=CO1. The van der Waals surface area contributed by atoms with Crippen LogP contribution < -0.4 is 0 Å².